The third-order valence-corrected chi connectivity index (χ3v) is 6.30. The predicted octanol–water partition coefficient (Wildman–Crippen LogP) is 1.69. The lowest BCUT2D eigenvalue weighted by atomic mass is 9.96. The molecule has 2 unspecified atom stereocenters. The van der Waals surface area contributed by atoms with Gasteiger partial charge in [-0.3, -0.25) is 10.3 Å². The Bertz CT molecular complexity index is 1310. The molecule has 0 aliphatic carbocycles. The van der Waals surface area contributed by atoms with Crippen molar-refractivity contribution < 1.29 is 19.1 Å². The maximum atomic E-state index is 11.4. The van der Waals surface area contributed by atoms with Crippen LogP contribution in [0.15, 0.2) is 40.4 Å². The first kappa shape index (κ1) is 32.5. The zero-order valence-electron chi connectivity index (χ0n) is 22.4. The fourth-order valence-corrected chi connectivity index (χ4v) is 3.86. The standard InChI is InChI=1S/C19H27N5O4.C7H5N3S/c1-11(2)18(25)27-8-6-22-16-14(10-20)13(5)15(21)17(24-16)23-7-9-28-19(26)12(3)4;1-4-5(2-8)7(10)11-6(4)3-9/h15,17,23H,1,3,6-9,21H2,2,4-5H3,(H,22,24);10H2,1H3. The highest BCUT2D eigenvalue weighted by atomic mass is 32.1. The summed E-state index contributed by atoms with van der Waals surface area (Å²) in [5.74, 6) is -0.587. The van der Waals surface area contributed by atoms with Crippen molar-refractivity contribution in [2.75, 3.05) is 32.0 Å². The number of ether oxygens (including phenoxy) is 2. The minimum atomic E-state index is -0.491. The molecule has 0 aromatic carbocycles. The average Bonchev–Trinajstić information content (AvgIpc) is 3.18. The number of esters is 2. The lowest BCUT2D eigenvalue weighted by Gasteiger charge is -2.33. The van der Waals surface area contributed by atoms with Crippen LogP contribution in [0.25, 0.3) is 0 Å². The molecule has 6 N–H and O–H groups in total. The molecule has 1 aromatic heterocycles. The fourth-order valence-electron chi connectivity index (χ4n) is 3.04. The van der Waals surface area contributed by atoms with Gasteiger partial charge in [0, 0.05) is 17.7 Å². The molecule has 0 radical (unpaired) electrons. The summed E-state index contributed by atoms with van der Waals surface area (Å²) in [6.45, 7) is 14.4. The smallest absolute Gasteiger partial charge is 0.333 e. The number of nitrogens with zero attached hydrogens (tertiary/aromatic N) is 4. The van der Waals surface area contributed by atoms with Crippen molar-refractivity contribution in [1.29, 1.82) is 15.8 Å². The zero-order chi connectivity index (χ0) is 29.7. The summed E-state index contributed by atoms with van der Waals surface area (Å²) in [4.78, 5) is 27.6. The molecule has 2 heterocycles. The first-order chi connectivity index (χ1) is 18.4. The molecule has 0 spiro atoms. The maximum absolute atomic E-state index is 11.4. The second-order valence-electron chi connectivity index (χ2n) is 8.35. The fraction of sp³-hybridized carbons (Fsp3) is 0.385. The first-order valence-electron chi connectivity index (χ1n) is 11.6. The zero-order valence-corrected chi connectivity index (χ0v) is 23.2. The van der Waals surface area contributed by atoms with Crippen molar-refractivity contribution in [2.24, 2.45) is 10.7 Å². The number of anilines is 1. The highest BCUT2D eigenvalue weighted by molar-refractivity contribution is 7.16. The quantitative estimate of drug-likeness (QED) is 0.196. The number of thiophene rings is 1. The molecule has 0 fully saturated rings. The van der Waals surface area contributed by atoms with E-state index in [1.807, 2.05) is 12.1 Å². The Balaban J connectivity index is 0.000000573. The lowest BCUT2D eigenvalue weighted by Crippen LogP contribution is -2.60. The van der Waals surface area contributed by atoms with Crippen molar-refractivity contribution in [1.82, 2.24) is 10.6 Å². The molecule has 0 amide bonds. The number of nitrogen functional groups attached to an aromatic ring is 1. The Morgan fingerprint density at radius 3 is 2.13 bits per heavy atom. The van der Waals surface area contributed by atoms with Gasteiger partial charge < -0.3 is 26.3 Å². The summed E-state index contributed by atoms with van der Waals surface area (Å²) >= 11 is 1.16. The van der Waals surface area contributed by atoms with E-state index >= 15 is 0 Å². The lowest BCUT2D eigenvalue weighted by molar-refractivity contribution is -0.139. The van der Waals surface area contributed by atoms with Crippen LogP contribution < -0.4 is 22.1 Å². The number of nitrogens with one attached hydrogen (secondary N) is 2. The Morgan fingerprint density at radius 1 is 1.08 bits per heavy atom. The molecule has 1 aliphatic rings. The van der Waals surface area contributed by atoms with Gasteiger partial charge in [0.2, 0.25) is 0 Å². The third-order valence-electron chi connectivity index (χ3n) is 5.27. The SMILES string of the molecule is C=C(C)C(=O)OCCN=C1NC(NCCOC(=O)C(=C)C)C(N)C(C)=C1C#N.Cc1c(C#N)sc(N)c1C#N. The van der Waals surface area contributed by atoms with Crippen LogP contribution in [0.2, 0.25) is 0 Å². The number of carbonyl (C=O) groups excluding carboxylic acids is 2. The van der Waals surface area contributed by atoms with E-state index in [1.165, 1.54) is 0 Å². The van der Waals surface area contributed by atoms with Gasteiger partial charge in [-0.1, -0.05) is 13.2 Å². The van der Waals surface area contributed by atoms with Crippen LogP contribution in [0, 0.1) is 40.9 Å². The summed E-state index contributed by atoms with van der Waals surface area (Å²) in [5.41, 5.74) is 14.4. The molecular weight excluding hydrogens is 520 g/mol. The van der Waals surface area contributed by atoms with Crippen LogP contribution in [0.4, 0.5) is 5.00 Å². The van der Waals surface area contributed by atoms with Crippen LogP contribution in [-0.4, -0.2) is 56.3 Å². The van der Waals surface area contributed by atoms with Crippen molar-refractivity contribution in [2.45, 2.75) is 39.9 Å². The van der Waals surface area contributed by atoms with Crippen molar-refractivity contribution in [3.05, 3.63) is 51.5 Å². The van der Waals surface area contributed by atoms with E-state index < -0.39 is 24.1 Å². The average molecular weight is 553 g/mol. The van der Waals surface area contributed by atoms with Crippen LogP contribution in [0.1, 0.15) is 36.8 Å². The second kappa shape index (κ2) is 15.7. The number of rotatable bonds is 9. The molecule has 39 heavy (non-hydrogen) atoms. The second-order valence-corrected chi connectivity index (χ2v) is 9.41. The van der Waals surface area contributed by atoms with E-state index in [0.29, 0.717) is 55.7 Å². The van der Waals surface area contributed by atoms with Crippen LogP contribution in [-0.2, 0) is 19.1 Å². The number of hydrogen-bond donors (Lipinski definition) is 4. The largest absolute Gasteiger partial charge is 0.461 e. The molecule has 0 saturated heterocycles. The van der Waals surface area contributed by atoms with Gasteiger partial charge in [0.05, 0.1) is 29.9 Å². The molecule has 1 aliphatic heterocycles. The summed E-state index contributed by atoms with van der Waals surface area (Å²) in [5, 5.41) is 33.2. The normalized spacial score (nSPS) is 16.9. The summed E-state index contributed by atoms with van der Waals surface area (Å²) in [6.07, 6.45) is -0.405. The Morgan fingerprint density at radius 2 is 1.67 bits per heavy atom. The molecule has 0 bridgehead atoms. The molecule has 206 valence electrons. The number of hydrogen-bond acceptors (Lipinski definition) is 12. The van der Waals surface area contributed by atoms with Gasteiger partial charge in [-0.2, -0.15) is 15.8 Å². The number of nitriles is 3. The van der Waals surface area contributed by atoms with E-state index in [0.717, 1.165) is 11.3 Å². The van der Waals surface area contributed by atoms with Gasteiger partial charge in [0.1, 0.15) is 47.1 Å². The molecule has 0 saturated carbocycles. The summed E-state index contributed by atoms with van der Waals surface area (Å²) in [7, 11) is 0. The molecule has 1 aromatic rings. The van der Waals surface area contributed by atoms with Gasteiger partial charge in [0.15, 0.2) is 0 Å². The van der Waals surface area contributed by atoms with E-state index in [-0.39, 0.29) is 19.8 Å². The van der Waals surface area contributed by atoms with E-state index in [2.05, 4.69) is 34.9 Å². The number of amidine groups is 1. The Hall–Kier alpha value is -4.48. The number of nitrogens with two attached hydrogens (primary N) is 2. The van der Waals surface area contributed by atoms with Gasteiger partial charge in [-0.05, 0) is 38.8 Å². The van der Waals surface area contributed by atoms with Gasteiger partial charge in [-0.25, -0.2) is 9.59 Å². The molecular formula is C26H32N8O4S. The molecule has 12 nitrogen and oxygen atoms in total. The molecule has 2 atom stereocenters. The maximum Gasteiger partial charge on any atom is 0.333 e. The molecule has 13 heteroatoms. The summed E-state index contributed by atoms with van der Waals surface area (Å²) in [6, 6.07) is 5.56. The Kier molecular flexibility index (Phi) is 13.1. The Labute approximate surface area is 231 Å². The molecule has 2 rings (SSSR count). The minimum absolute atomic E-state index is 0.0651. The minimum Gasteiger partial charge on any atom is -0.461 e. The van der Waals surface area contributed by atoms with Gasteiger partial charge in [0.25, 0.3) is 0 Å². The van der Waals surface area contributed by atoms with Gasteiger partial charge >= 0.3 is 11.9 Å². The van der Waals surface area contributed by atoms with Gasteiger partial charge in [-0.15, -0.1) is 11.3 Å². The van der Waals surface area contributed by atoms with E-state index in [9.17, 15) is 14.9 Å². The van der Waals surface area contributed by atoms with Crippen molar-refractivity contribution in [3.63, 3.8) is 0 Å². The number of aliphatic imine (C=N–C) groups is 1. The third kappa shape index (κ3) is 9.40. The highest BCUT2D eigenvalue weighted by Crippen LogP contribution is 2.28. The monoisotopic (exact) mass is 552 g/mol. The first-order valence-corrected chi connectivity index (χ1v) is 12.5. The van der Waals surface area contributed by atoms with Crippen LogP contribution in [0.5, 0.6) is 0 Å². The summed E-state index contributed by atoms with van der Waals surface area (Å²) < 4.78 is 10.0. The van der Waals surface area contributed by atoms with E-state index in [1.54, 1.807) is 27.7 Å². The van der Waals surface area contributed by atoms with Crippen molar-refractivity contribution in [3.8, 4) is 18.2 Å². The topological polar surface area (TPSA) is 212 Å². The highest BCUT2D eigenvalue weighted by Gasteiger charge is 2.29. The number of carbonyl (C=O) groups is 2. The van der Waals surface area contributed by atoms with Crippen LogP contribution in [0.3, 0.4) is 0 Å². The van der Waals surface area contributed by atoms with Crippen LogP contribution >= 0.6 is 11.3 Å². The predicted molar refractivity (Wildman–Crippen MR) is 148 cm³/mol. The van der Waals surface area contributed by atoms with Crippen molar-refractivity contribution >= 4 is 34.1 Å². The van der Waals surface area contributed by atoms with E-state index in [4.69, 9.17) is 31.5 Å².